The van der Waals surface area contributed by atoms with E-state index in [2.05, 4.69) is 6.92 Å². The summed E-state index contributed by atoms with van der Waals surface area (Å²) in [6.07, 6.45) is 3.51. The highest BCUT2D eigenvalue weighted by Crippen LogP contribution is 2.40. The number of carbonyl (C=O) groups is 1. The van der Waals surface area contributed by atoms with Crippen molar-refractivity contribution in [2.75, 3.05) is 0 Å². The standard InChI is InChI=1S/C12H14I2O4/c1-2-3-4-5-6-7(12(17)18)10(15)11(16)9(14)8(6)13/h15-16H,2-5H2,1H3,(H,17,18). The highest BCUT2D eigenvalue weighted by atomic mass is 127. The number of benzene rings is 1. The Balaban J connectivity index is 3.32. The Hall–Kier alpha value is -0.250. The summed E-state index contributed by atoms with van der Waals surface area (Å²) in [5.41, 5.74) is 0.435. The van der Waals surface area contributed by atoms with Gasteiger partial charge in [0.1, 0.15) is 5.56 Å². The highest BCUT2D eigenvalue weighted by molar-refractivity contribution is 14.1. The first kappa shape index (κ1) is 15.8. The lowest BCUT2D eigenvalue weighted by atomic mass is 10.00. The van der Waals surface area contributed by atoms with Crippen LogP contribution >= 0.6 is 45.2 Å². The van der Waals surface area contributed by atoms with E-state index < -0.39 is 11.7 Å². The van der Waals surface area contributed by atoms with Gasteiger partial charge in [0, 0.05) is 3.57 Å². The average molecular weight is 476 g/mol. The molecule has 0 saturated heterocycles. The van der Waals surface area contributed by atoms with Gasteiger partial charge in [0.25, 0.3) is 0 Å². The van der Waals surface area contributed by atoms with Crippen LogP contribution in [0.1, 0.15) is 42.1 Å². The van der Waals surface area contributed by atoms with Crippen LogP contribution in [0.25, 0.3) is 0 Å². The van der Waals surface area contributed by atoms with Crippen LogP contribution in [0.5, 0.6) is 11.5 Å². The molecule has 0 heterocycles. The first-order valence-electron chi connectivity index (χ1n) is 5.56. The van der Waals surface area contributed by atoms with Crippen molar-refractivity contribution < 1.29 is 20.1 Å². The fourth-order valence-corrected chi connectivity index (χ4v) is 3.10. The van der Waals surface area contributed by atoms with Gasteiger partial charge in [-0.1, -0.05) is 19.8 Å². The van der Waals surface area contributed by atoms with E-state index >= 15 is 0 Å². The zero-order chi connectivity index (χ0) is 13.9. The van der Waals surface area contributed by atoms with Gasteiger partial charge in [-0.05, 0) is 63.6 Å². The SMILES string of the molecule is CCCCCc1c(I)c(I)c(O)c(O)c1C(=O)O. The normalized spacial score (nSPS) is 10.6. The number of hydrogen-bond acceptors (Lipinski definition) is 3. The predicted molar refractivity (Wildman–Crippen MR) is 85.4 cm³/mol. The second-order valence-electron chi connectivity index (χ2n) is 3.94. The second-order valence-corrected chi connectivity index (χ2v) is 6.10. The minimum atomic E-state index is -1.20. The first-order chi connectivity index (χ1) is 8.41. The van der Waals surface area contributed by atoms with E-state index in [-0.39, 0.29) is 11.3 Å². The van der Waals surface area contributed by atoms with Crippen molar-refractivity contribution in [2.24, 2.45) is 0 Å². The third-order valence-electron chi connectivity index (χ3n) is 2.67. The van der Waals surface area contributed by atoms with Crippen LogP contribution in [0.3, 0.4) is 0 Å². The third kappa shape index (κ3) is 3.19. The van der Waals surface area contributed by atoms with Gasteiger partial charge >= 0.3 is 5.97 Å². The Morgan fingerprint density at radius 2 is 1.72 bits per heavy atom. The van der Waals surface area contributed by atoms with Crippen molar-refractivity contribution in [1.82, 2.24) is 0 Å². The number of phenolic OH excluding ortho intramolecular Hbond substituents is 1. The van der Waals surface area contributed by atoms with Gasteiger partial charge in [0.05, 0.1) is 3.57 Å². The molecule has 1 aromatic carbocycles. The Bertz CT molecular complexity index is 472. The number of halogens is 2. The molecule has 0 saturated carbocycles. The molecule has 1 aromatic rings. The Morgan fingerprint density at radius 1 is 1.11 bits per heavy atom. The van der Waals surface area contributed by atoms with E-state index in [0.717, 1.165) is 19.3 Å². The molecule has 0 spiro atoms. The van der Waals surface area contributed by atoms with Crippen LogP contribution in [0, 0.1) is 7.14 Å². The number of carboxylic acids is 1. The molecule has 0 amide bonds. The van der Waals surface area contributed by atoms with Gasteiger partial charge in [-0.25, -0.2) is 4.79 Å². The Morgan fingerprint density at radius 3 is 2.22 bits per heavy atom. The molecule has 1 rings (SSSR count). The molecule has 4 nitrogen and oxygen atoms in total. The summed E-state index contributed by atoms with van der Waals surface area (Å²) in [5.74, 6) is -2.08. The minimum Gasteiger partial charge on any atom is -0.504 e. The van der Waals surface area contributed by atoms with E-state index in [1.54, 1.807) is 0 Å². The zero-order valence-corrected chi connectivity index (χ0v) is 14.1. The van der Waals surface area contributed by atoms with Crippen molar-refractivity contribution in [3.63, 3.8) is 0 Å². The minimum absolute atomic E-state index is 0.173. The van der Waals surface area contributed by atoms with Crippen molar-refractivity contribution in [3.05, 3.63) is 18.3 Å². The van der Waals surface area contributed by atoms with Gasteiger partial charge < -0.3 is 15.3 Å². The Kier molecular flexibility index (Phi) is 5.96. The molecular weight excluding hydrogens is 462 g/mol. The Labute approximate surface area is 133 Å². The summed E-state index contributed by atoms with van der Waals surface area (Å²) in [4.78, 5) is 11.2. The maximum atomic E-state index is 11.2. The molecule has 18 heavy (non-hydrogen) atoms. The molecule has 0 aromatic heterocycles. The number of unbranched alkanes of at least 4 members (excludes halogenated alkanes) is 2. The predicted octanol–water partition coefficient (Wildman–Crippen LogP) is 3.74. The fraction of sp³-hybridized carbons (Fsp3) is 0.417. The molecule has 0 aliphatic carbocycles. The van der Waals surface area contributed by atoms with E-state index in [1.165, 1.54) is 0 Å². The molecule has 0 aliphatic rings. The lowest BCUT2D eigenvalue weighted by molar-refractivity contribution is 0.0691. The number of phenols is 2. The summed E-state index contributed by atoms with van der Waals surface area (Å²) in [7, 11) is 0. The maximum absolute atomic E-state index is 11.2. The fourth-order valence-electron chi connectivity index (χ4n) is 1.73. The molecule has 100 valence electrons. The molecule has 0 fully saturated rings. The summed E-state index contributed by atoms with van der Waals surface area (Å²) in [6.45, 7) is 2.07. The van der Waals surface area contributed by atoms with Crippen LogP contribution in [0.2, 0.25) is 0 Å². The largest absolute Gasteiger partial charge is 0.504 e. The molecule has 0 unspecified atom stereocenters. The molecular formula is C12H14I2O4. The highest BCUT2D eigenvalue weighted by Gasteiger charge is 2.24. The summed E-state index contributed by atoms with van der Waals surface area (Å²) < 4.78 is 1.21. The van der Waals surface area contributed by atoms with E-state index in [4.69, 9.17) is 5.11 Å². The second kappa shape index (κ2) is 6.78. The van der Waals surface area contributed by atoms with Crippen LogP contribution < -0.4 is 0 Å². The first-order valence-corrected chi connectivity index (χ1v) is 7.72. The molecule has 3 N–H and O–H groups in total. The molecule has 0 atom stereocenters. The van der Waals surface area contributed by atoms with E-state index in [0.29, 0.717) is 19.1 Å². The van der Waals surface area contributed by atoms with Crippen molar-refractivity contribution >= 4 is 51.2 Å². The third-order valence-corrected chi connectivity index (χ3v) is 5.95. The van der Waals surface area contributed by atoms with Crippen molar-refractivity contribution in [2.45, 2.75) is 32.6 Å². The quantitative estimate of drug-likeness (QED) is 0.344. The van der Waals surface area contributed by atoms with Crippen molar-refractivity contribution in [3.8, 4) is 11.5 Å². The molecule has 6 heteroatoms. The maximum Gasteiger partial charge on any atom is 0.339 e. The van der Waals surface area contributed by atoms with E-state index in [1.807, 2.05) is 45.2 Å². The van der Waals surface area contributed by atoms with Gasteiger partial charge in [-0.3, -0.25) is 0 Å². The van der Waals surface area contributed by atoms with Gasteiger partial charge in [0.2, 0.25) is 0 Å². The summed E-state index contributed by atoms with van der Waals surface area (Å²) >= 11 is 3.93. The lowest BCUT2D eigenvalue weighted by Crippen LogP contribution is -2.07. The van der Waals surface area contributed by atoms with Gasteiger partial charge in [0.15, 0.2) is 11.5 Å². The average Bonchev–Trinajstić information content (AvgIpc) is 2.32. The van der Waals surface area contributed by atoms with Gasteiger partial charge in [-0.15, -0.1) is 0 Å². The van der Waals surface area contributed by atoms with Crippen LogP contribution in [-0.2, 0) is 6.42 Å². The monoisotopic (exact) mass is 476 g/mol. The number of rotatable bonds is 5. The van der Waals surface area contributed by atoms with Gasteiger partial charge in [-0.2, -0.15) is 0 Å². The molecule has 0 radical (unpaired) electrons. The number of hydrogen-bond donors (Lipinski definition) is 3. The molecule has 0 aliphatic heterocycles. The molecule has 0 bridgehead atoms. The van der Waals surface area contributed by atoms with Crippen LogP contribution in [0.15, 0.2) is 0 Å². The van der Waals surface area contributed by atoms with Crippen LogP contribution in [-0.4, -0.2) is 21.3 Å². The van der Waals surface area contributed by atoms with E-state index in [9.17, 15) is 15.0 Å². The summed E-state index contributed by atoms with van der Waals surface area (Å²) in [6, 6.07) is 0. The zero-order valence-electron chi connectivity index (χ0n) is 9.83. The number of carboxylic acid groups (broad SMARTS) is 1. The van der Waals surface area contributed by atoms with Crippen molar-refractivity contribution in [1.29, 1.82) is 0 Å². The van der Waals surface area contributed by atoms with Crippen LogP contribution in [0.4, 0.5) is 0 Å². The lowest BCUT2D eigenvalue weighted by Gasteiger charge is -2.14. The topological polar surface area (TPSA) is 77.8 Å². The smallest absolute Gasteiger partial charge is 0.339 e. The number of aromatic hydroxyl groups is 2. The number of aromatic carboxylic acids is 1. The summed E-state index contributed by atoms with van der Waals surface area (Å²) in [5, 5.41) is 28.6.